The third kappa shape index (κ3) is 2.78. The summed E-state index contributed by atoms with van der Waals surface area (Å²) in [5.41, 5.74) is 1.85. The van der Waals surface area contributed by atoms with E-state index < -0.39 is 0 Å². The zero-order valence-corrected chi connectivity index (χ0v) is 10.4. The fraction of sp³-hybridized carbons (Fsp3) is 0.214. The number of hydrogen-bond acceptors (Lipinski definition) is 4. The van der Waals surface area contributed by atoms with E-state index >= 15 is 0 Å². The standard InChI is InChI=1S/C14H15NO3/c1-10-3-5-12(13(7-10)17-2)18-14-6-4-11(9-16)8-15-14/h3-8,16H,9H2,1-2H3. The van der Waals surface area contributed by atoms with Gasteiger partial charge in [-0.05, 0) is 36.2 Å². The lowest BCUT2D eigenvalue weighted by atomic mass is 10.2. The highest BCUT2D eigenvalue weighted by atomic mass is 16.5. The van der Waals surface area contributed by atoms with E-state index in [0.717, 1.165) is 11.1 Å². The molecule has 1 aromatic heterocycles. The molecule has 0 amide bonds. The number of ether oxygens (including phenoxy) is 2. The number of rotatable bonds is 4. The minimum absolute atomic E-state index is 0.0267. The minimum atomic E-state index is -0.0267. The fourth-order valence-electron chi connectivity index (χ4n) is 1.54. The molecule has 18 heavy (non-hydrogen) atoms. The van der Waals surface area contributed by atoms with Crippen LogP contribution >= 0.6 is 0 Å². The summed E-state index contributed by atoms with van der Waals surface area (Å²) < 4.78 is 10.9. The van der Waals surface area contributed by atoms with E-state index in [2.05, 4.69) is 4.98 Å². The molecule has 0 bridgehead atoms. The Balaban J connectivity index is 2.22. The van der Waals surface area contributed by atoms with Crippen molar-refractivity contribution in [1.82, 2.24) is 4.98 Å². The van der Waals surface area contributed by atoms with Crippen molar-refractivity contribution >= 4 is 0 Å². The number of methoxy groups -OCH3 is 1. The van der Waals surface area contributed by atoms with Gasteiger partial charge in [0.25, 0.3) is 0 Å². The molecule has 0 atom stereocenters. The molecular formula is C14H15NO3. The van der Waals surface area contributed by atoms with E-state index in [1.165, 1.54) is 0 Å². The maximum absolute atomic E-state index is 8.93. The lowest BCUT2D eigenvalue weighted by Crippen LogP contribution is -1.93. The molecule has 2 aromatic rings. The van der Waals surface area contributed by atoms with Crippen LogP contribution in [0.15, 0.2) is 36.5 Å². The van der Waals surface area contributed by atoms with Gasteiger partial charge in [0, 0.05) is 12.3 Å². The molecule has 1 aromatic carbocycles. The Morgan fingerprint density at radius 2 is 2.00 bits per heavy atom. The van der Waals surface area contributed by atoms with Gasteiger partial charge in [0.15, 0.2) is 11.5 Å². The first-order valence-electron chi connectivity index (χ1n) is 5.61. The highest BCUT2D eigenvalue weighted by Crippen LogP contribution is 2.31. The molecule has 0 saturated carbocycles. The Morgan fingerprint density at radius 1 is 1.17 bits per heavy atom. The summed E-state index contributed by atoms with van der Waals surface area (Å²) in [6.45, 7) is 1.96. The molecule has 0 aliphatic carbocycles. The van der Waals surface area contributed by atoms with Crippen LogP contribution in [0.5, 0.6) is 17.4 Å². The van der Waals surface area contributed by atoms with Crippen LogP contribution in [0, 0.1) is 6.92 Å². The van der Waals surface area contributed by atoms with Crippen molar-refractivity contribution in [3.8, 4) is 17.4 Å². The van der Waals surface area contributed by atoms with Crippen LogP contribution in [0.25, 0.3) is 0 Å². The Bertz CT molecular complexity index is 523. The van der Waals surface area contributed by atoms with Gasteiger partial charge in [-0.15, -0.1) is 0 Å². The van der Waals surface area contributed by atoms with Crippen molar-refractivity contribution < 1.29 is 14.6 Å². The van der Waals surface area contributed by atoms with Crippen LogP contribution < -0.4 is 9.47 Å². The van der Waals surface area contributed by atoms with Gasteiger partial charge >= 0.3 is 0 Å². The van der Waals surface area contributed by atoms with E-state index in [-0.39, 0.29) is 6.61 Å². The Kier molecular flexibility index (Phi) is 3.79. The van der Waals surface area contributed by atoms with Crippen LogP contribution in [-0.4, -0.2) is 17.2 Å². The second kappa shape index (κ2) is 5.51. The summed E-state index contributed by atoms with van der Waals surface area (Å²) in [4.78, 5) is 4.10. The van der Waals surface area contributed by atoms with Crippen LogP contribution in [-0.2, 0) is 6.61 Å². The molecule has 2 rings (SSSR count). The van der Waals surface area contributed by atoms with Crippen LogP contribution in [0.1, 0.15) is 11.1 Å². The highest BCUT2D eigenvalue weighted by molar-refractivity contribution is 5.44. The lowest BCUT2D eigenvalue weighted by molar-refractivity contribution is 0.281. The van der Waals surface area contributed by atoms with E-state index in [4.69, 9.17) is 14.6 Å². The summed E-state index contributed by atoms with van der Waals surface area (Å²) in [5, 5.41) is 8.93. The molecule has 94 valence electrons. The number of benzene rings is 1. The number of aliphatic hydroxyl groups is 1. The molecule has 0 radical (unpaired) electrons. The molecule has 0 saturated heterocycles. The molecule has 0 aliphatic heterocycles. The number of aliphatic hydroxyl groups excluding tert-OH is 1. The average Bonchev–Trinajstić information content (AvgIpc) is 2.41. The topological polar surface area (TPSA) is 51.6 Å². The summed E-state index contributed by atoms with van der Waals surface area (Å²) in [5.74, 6) is 1.75. The predicted molar refractivity (Wildman–Crippen MR) is 68.0 cm³/mol. The number of nitrogens with zero attached hydrogens (tertiary/aromatic N) is 1. The summed E-state index contributed by atoms with van der Waals surface area (Å²) in [6.07, 6.45) is 1.58. The first-order valence-corrected chi connectivity index (χ1v) is 5.61. The van der Waals surface area contributed by atoms with Crippen LogP contribution in [0.2, 0.25) is 0 Å². The zero-order valence-electron chi connectivity index (χ0n) is 10.4. The molecular weight excluding hydrogens is 230 g/mol. The van der Waals surface area contributed by atoms with Gasteiger partial charge in [-0.25, -0.2) is 4.98 Å². The fourth-order valence-corrected chi connectivity index (χ4v) is 1.54. The Labute approximate surface area is 106 Å². The van der Waals surface area contributed by atoms with Crippen molar-refractivity contribution in [2.75, 3.05) is 7.11 Å². The highest BCUT2D eigenvalue weighted by Gasteiger charge is 2.06. The van der Waals surface area contributed by atoms with Crippen molar-refractivity contribution in [2.24, 2.45) is 0 Å². The van der Waals surface area contributed by atoms with Crippen molar-refractivity contribution in [3.63, 3.8) is 0 Å². The quantitative estimate of drug-likeness (QED) is 0.899. The molecule has 0 unspecified atom stereocenters. The van der Waals surface area contributed by atoms with Gasteiger partial charge in [0.2, 0.25) is 5.88 Å². The number of hydrogen-bond donors (Lipinski definition) is 1. The van der Waals surface area contributed by atoms with Crippen molar-refractivity contribution in [2.45, 2.75) is 13.5 Å². The molecule has 0 fully saturated rings. The predicted octanol–water partition coefficient (Wildman–Crippen LogP) is 2.68. The van der Waals surface area contributed by atoms with E-state index in [9.17, 15) is 0 Å². The van der Waals surface area contributed by atoms with Crippen LogP contribution in [0.4, 0.5) is 0 Å². The maximum Gasteiger partial charge on any atom is 0.219 e. The first kappa shape index (κ1) is 12.4. The third-order valence-electron chi connectivity index (χ3n) is 2.51. The average molecular weight is 245 g/mol. The Hall–Kier alpha value is -2.07. The number of aromatic nitrogens is 1. The first-order chi connectivity index (χ1) is 8.72. The van der Waals surface area contributed by atoms with Gasteiger partial charge in [-0.3, -0.25) is 0 Å². The van der Waals surface area contributed by atoms with E-state index in [0.29, 0.717) is 17.4 Å². The van der Waals surface area contributed by atoms with E-state index in [1.54, 1.807) is 25.4 Å². The molecule has 0 spiro atoms. The maximum atomic E-state index is 8.93. The normalized spacial score (nSPS) is 10.2. The minimum Gasteiger partial charge on any atom is -0.493 e. The Morgan fingerprint density at radius 3 is 2.61 bits per heavy atom. The van der Waals surface area contributed by atoms with Gasteiger partial charge in [-0.2, -0.15) is 0 Å². The van der Waals surface area contributed by atoms with Gasteiger partial charge in [-0.1, -0.05) is 6.07 Å². The van der Waals surface area contributed by atoms with Gasteiger partial charge < -0.3 is 14.6 Å². The summed E-state index contributed by atoms with van der Waals surface area (Å²) >= 11 is 0. The smallest absolute Gasteiger partial charge is 0.219 e. The second-order valence-electron chi connectivity index (χ2n) is 3.92. The largest absolute Gasteiger partial charge is 0.493 e. The number of aryl methyl sites for hydroxylation is 1. The van der Waals surface area contributed by atoms with Crippen LogP contribution in [0.3, 0.4) is 0 Å². The summed E-state index contributed by atoms with van der Waals surface area (Å²) in [7, 11) is 1.60. The zero-order chi connectivity index (χ0) is 13.0. The lowest BCUT2D eigenvalue weighted by Gasteiger charge is -2.10. The second-order valence-corrected chi connectivity index (χ2v) is 3.92. The van der Waals surface area contributed by atoms with Crippen molar-refractivity contribution in [3.05, 3.63) is 47.7 Å². The molecule has 4 heteroatoms. The SMILES string of the molecule is COc1cc(C)ccc1Oc1ccc(CO)cn1. The monoisotopic (exact) mass is 245 g/mol. The number of pyridine rings is 1. The molecule has 1 N–H and O–H groups in total. The third-order valence-corrected chi connectivity index (χ3v) is 2.51. The molecule has 1 heterocycles. The van der Waals surface area contributed by atoms with Gasteiger partial charge in [0.1, 0.15) is 0 Å². The summed E-state index contributed by atoms with van der Waals surface area (Å²) in [6, 6.07) is 9.17. The van der Waals surface area contributed by atoms with E-state index in [1.807, 2.05) is 25.1 Å². The molecule has 4 nitrogen and oxygen atoms in total. The molecule has 0 aliphatic rings. The van der Waals surface area contributed by atoms with Crippen molar-refractivity contribution in [1.29, 1.82) is 0 Å². The van der Waals surface area contributed by atoms with Gasteiger partial charge in [0.05, 0.1) is 13.7 Å².